The van der Waals surface area contributed by atoms with Crippen LogP contribution >= 0.6 is 11.6 Å². The van der Waals surface area contributed by atoms with Gasteiger partial charge in [0, 0.05) is 16.0 Å². The van der Waals surface area contributed by atoms with Gasteiger partial charge in [-0.15, -0.1) is 0 Å². The predicted octanol–water partition coefficient (Wildman–Crippen LogP) is 2.70. The summed E-state index contributed by atoms with van der Waals surface area (Å²) in [5.74, 6) is 0. The summed E-state index contributed by atoms with van der Waals surface area (Å²) in [6.45, 7) is 1.29. The van der Waals surface area contributed by atoms with Crippen molar-refractivity contribution in [2.24, 2.45) is 0 Å². The molecule has 1 heterocycles. The Bertz CT molecular complexity index is 1080. The van der Waals surface area contributed by atoms with E-state index in [4.69, 9.17) is 11.6 Å². The zero-order valence-corrected chi connectivity index (χ0v) is 13.5. The van der Waals surface area contributed by atoms with E-state index >= 15 is 0 Å². The van der Waals surface area contributed by atoms with Crippen LogP contribution in [0.5, 0.6) is 0 Å². The molecular formula is C15H11ClN2O4S. The first-order valence-corrected chi connectivity index (χ1v) is 8.45. The summed E-state index contributed by atoms with van der Waals surface area (Å²) in [6.07, 6.45) is 0. The van der Waals surface area contributed by atoms with E-state index < -0.39 is 14.9 Å². The molecule has 23 heavy (non-hydrogen) atoms. The number of benzene rings is 2. The van der Waals surface area contributed by atoms with Crippen LogP contribution in [0.1, 0.15) is 5.69 Å². The molecule has 0 atom stereocenters. The second kappa shape index (κ2) is 5.36. The number of hydrogen-bond donors (Lipinski definition) is 0. The Kier molecular flexibility index (Phi) is 3.62. The number of sulfone groups is 1. The Morgan fingerprint density at radius 2 is 1.78 bits per heavy atom. The molecule has 0 saturated heterocycles. The van der Waals surface area contributed by atoms with Gasteiger partial charge in [0.2, 0.25) is 0 Å². The zero-order valence-electron chi connectivity index (χ0n) is 11.9. The topological polar surface area (TPSA) is 85.1 Å². The Morgan fingerprint density at radius 3 is 2.43 bits per heavy atom. The highest BCUT2D eigenvalue weighted by molar-refractivity contribution is 7.91. The molecule has 0 N–H and O–H groups in total. The van der Waals surface area contributed by atoms with Crippen LogP contribution < -0.4 is 4.43 Å². The molecule has 0 aliphatic heterocycles. The number of hydrogen-bond acceptors (Lipinski definition) is 4. The molecule has 0 aliphatic carbocycles. The smallest absolute Gasteiger partial charge is 0.376 e. The van der Waals surface area contributed by atoms with Gasteiger partial charge in [-0.05, 0) is 31.2 Å². The van der Waals surface area contributed by atoms with Gasteiger partial charge in [0.05, 0.1) is 9.32 Å². The van der Waals surface area contributed by atoms with E-state index in [1.165, 1.54) is 37.3 Å². The van der Waals surface area contributed by atoms with Gasteiger partial charge in [0.15, 0.2) is 0 Å². The number of aromatic nitrogens is 2. The first-order chi connectivity index (χ1) is 10.8. The second-order valence-electron chi connectivity index (χ2n) is 4.93. The third-order valence-corrected chi connectivity index (χ3v) is 5.58. The van der Waals surface area contributed by atoms with Crippen LogP contribution in [0.15, 0.2) is 58.5 Å². The molecule has 0 bridgehead atoms. The maximum absolute atomic E-state index is 12.7. The number of fused-ring (bicyclic) bond motifs is 1. The summed E-state index contributed by atoms with van der Waals surface area (Å²) >= 11 is 5.84. The van der Waals surface area contributed by atoms with Crippen LogP contribution in [-0.4, -0.2) is 13.1 Å². The number of rotatable bonds is 2. The largest absolute Gasteiger partial charge is 0.805 e. The molecule has 3 rings (SSSR count). The van der Waals surface area contributed by atoms with Gasteiger partial charge in [-0.25, -0.2) is 8.42 Å². The molecule has 6 nitrogen and oxygen atoms in total. The molecule has 8 heteroatoms. The number of halogens is 1. The van der Waals surface area contributed by atoms with E-state index in [0.717, 1.165) is 0 Å². The highest BCUT2D eigenvalue weighted by atomic mass is 35.5. The van der Waals surface area contributed by atoms with Gasteiger partial charge in [-0.2, -0.15) is 0 Å². The quantitative estimate of drug-likeness (QED) is 0.665. The first-order valence-electron chi connectivity index (χ1n) is 6.59. The molecule has 3 aromatic rings. The molecule has 0 aliphatic rings. The minimum atomic E-state index is -4.13. The molecular weight excluding hydrogens is 340 g/mol. The summed E-state index contributed by atoms with van der Waals surface area (Å²) in [6, 6.07) is 11.6. The summed E-state index contributed by atoms with van der Waals surface area (Å²) in [5.41, 5.74) is -0.264. The monoisotopic (exact) mass is 350 g/mol. The summed E-state index contributed by atoms with van der Waals surface area (Å²) < 4.78 is 26.1. The van der Waals surface area contributed by atoms with Crippen molar-refractivity contribution in [1.82, 2.24) is 4.73 Å². The van der Waals surface area contributed by atoms with E-state index in [0.29, 0.717) is 4.73 Å². The predicted molar refractivity (Wildman–Crippen MR) is 85.7 cm³/mol. The van der Waals surface area contributed by atoms with Gasteiger partial charge in [-0.3, -0.25) is 0 Å². The SMILES string of the molecule is Cc1c(S(=O)(=O)c2ccccc2)[n+](=O)c2ccc(Cl)cc2n1[O-]. The molecule has 2 aromatic carbocycles. The maximum Gasteiger partial charge on any atom is 0.376 e. The highest BCUT2D eigenvalue weighted by Gasteiger charge is 2.34. The van der Waals surface area contributed by atoms with E-state index in [9.17, 15) is 18.5 Å². The third-order valence-electron chi connectivity index (χ3n) is 3.48. The van der Waals surface area contributed by atoms with Crippen LogP contribution in [0.3, 0.4) is 0 Å². The highest BCUT2D eigenvalue weighted by Crippen LogP contribution is 2.24. The minimum absolute atomic E-state index is 0.0111. The molecule has 1 aromatic heterocycles. The molecule has 0 radical (unpaired) electrons. The van der Waals surface area contributed by atoms with Crippen molar-refractivity contribution in [3.63, 3.8) is 0 Å². The van der Waals surface area contributed by atoms with Crippen LogP contribution in [0, 0.1) is 17.0 Å². The number of nitrogens with zero attached hydrogens (tertiary/aromatic N) is 2. The average molecular weight is 351 g/mol. The second-order valence-corrected chi connectivity index (χ2v) is 7.23. The first kappa shape index (κ1) is 15.5. The fraction of sp³-hybridized carbons (Fsp3) is 0.0667. The molecule has 0 unspecified atom stereocenters. The molecule has 0 fully saturated rings. The summed E-state index contributed by atoms with van der Waals surface area (Å²) in [5, 5.41) is 12.1. The average Bonchev–Trinajstić information content (AvgIpc) is 2.53. The summed E-state index contributed by atoms with van der Waals surface area (Å²) in [4.78, 5) is 12.5. The lowest BCUT2D eigenvalue weighted by molar-refractivity contribution is -0.512. The van der Waals surface area contributed by atoms with E-state index in [1.54, 1.807) is 18.2 Å². The lowest BCUT2D eigenvalue weighted by atomic mass is 10.3. The van der Waals surface area contributed by atoms with Crippen molar-refractivity contribution in [2.45, 2.75) is 16.8 Å². The maximum atomic E-state index is 12.7. The van der Waals surface area contributed by atoms with E-state index in [1.807, 2.05) is 0 Å². The van der Waals surface area contributed by atoms with Crippen molar-refractivity contribution in [1.29, 1.82) is 0 Å². The lowest BCUT2D eigenvalue weighted by Gasteiger charge is -2.16. The molecule has 0 amide bonds. The van der Waals surface area contributed by atoms with Crippen molar-refractivity contribution >= 4 is 32.5 Å². The Balaban J connectivity index is 2.45. The van der Waals surface area contributed by atoms with Gasteiger partial charge < -0.3 is 9.94 Å². The van der Waals surface area contributed by atoms with Gasteiger partial charge >= 0.3 is 5.03 Å². The minimum Gasteiger partial charge on any atom is -0.805 e. The Morgan fingerprint density at radius 1 is 1.13 bits per heavy atom. The van der Waals surface area contributed by atoms with Crippen LogP contribution in [0.25, 0.3) is 11.0 Å². The normalized spacial score (nSPS) is 11.7. The standard InChI is InChI=1S/C15H11ClN2O4S/c1-10-15(23(21,22)12-5-3-2-4-6-12)18(20)13-8-7-11(16)9-14(13)17(10)19/h2-9H,1H3. The fourth-order valence-corrected chi connectivity index (χ4v) is 4.06. The van der Waals surface area contributed by atoms with Crippen LogP contribution in [0.4, 0.5) is 0 Å². The van der Waals surface area contributed by atoms with Crippen LogP contribution in [0.2, 0.25) is 5.02 Å². The third kappa shape index (κ3) is 2.38. The van der Waals surface area contributed by atoms with Gasteiger partial charge in [0.1, 0.15) is 11.2 Å². The van der Waals surface area contributed by atoms with Crippen molar-refractivity contribution < 1.29 is 12.8 Å². The molecule has 0 spiro atoms. The summed E-state index contributed by atoms with van der Waals surface area (Å²) in [7, 11) is -4.13. The molecule has 0 saturated carbocycles. The fourth-order valence-electron chi connectivity index (χ4n) is 2.37. The van der Waals surface area contributed by atoms with Crippen molar-refractivity contribution in [3.05, 3.63) is 69.4 Å². The lowest BCUT2D eigenvalue weighted by Crippen LogP contribution is -2.30. The van der Waals surface area contributed by atoms with Crippen LogP contribution in [-0.2, 0) is 9.84 Å². The van der Waals surface area contributed by atoms with E-state index in [-0.39, 0.29) is 31.1 Å². The van der Waals surface area contributed by atoms with E-state index in [2.05, 4.69) is 0 Å². The van der Waals surface area contributed by atoms with Crippen molar-refractivity contribution in [3.8, 4) is 0 Å². The van der Waals surface area contributed by atoms with Gasteiger partial charge in [0.25, 0.3) is 15.4 Å². The Hall–Kier alpha value is -2.38. The molecule has 118 valence electrons. The van der Waals surface area contributed by atoms with Crippen molar-refractivity contribution in [2.75, 3.05) is 0 Å². The zero-order chi connectivity index (χ0) is 16.8. The Labute approximate surface area is 136 Å². The van der Waals surface area contributed by atoms with Gasteiger partial charge in [-0.1, -0.05) is 29.8 Å².